The van der Waals surface area contributed by atoms with Crippen molar-refractivity contribution in [3.63, 3.8) is 0 Å². The first kappa shape index (κ1) is 13.1. The summed E-state index contributed by atoms with van der Waals surface area (Å²) >= 11 is 0. The van der Waals surface area contributed by atoms with Crippen LogP contribution in [-0.2, 0) is 4.74 Å². The van der Waals surface area contributed by atoms with Crippen LogP contribution in [0.3, 0.4) is 0 Å². The van der Waals surface area contributed by atoms with Gasteiger partial charge in [-0.2, -0.15) is 0 Å². The van der Waals surface area contributed by atoms with Crippen molar-refractivity contribution in [3.8, 4) is 0 Å². The van der Waals surface area contributed by atoms with Gasteiger partial charge >= 0.3 is 0 Å². The van der Waals surface area contributed by atoms with E-state index in [1.54, 1.807) is 0 Å². The Hall–Kier alpha value is -0.860. The number of rotatable bonds is 1. The number of hydrogen-bond acceptors (Lipinski definition) is 2. The van der Waals surface area contributed by atoms with E-state index in [-0.39, 0.29) is 11.7 Å². The first-order chi connectivity index (χ1) is 9.10. The molecule has 0 aromatic heterocycles. The summed E-state index contributed by atoms with van der Waals surface area (Å²) in [6.07, 6.45) is 5.31. The van der Waals surface area contributed by atoms with Gasteiger partial charge in [-0.1, -0.05) is 30.5 Å². The lowest BCUT2D eigenvalue weighted by Crippen LogP contribution is -2.49. The van der Waals surface area contributed by atoms with Crippen LogP contribution in [0.25, 0.3) is 0 Å². The zero-order chi connectivity index (χ0) is 13.5. The Labute approximate surface area is 116 Å². The third kappa shape index (κ3) is 2.44. The van der Waals surface area contributed by atoms with Gasteiger partial charge in [0, 0.05) is 13.1 Å². The van der Waals surface area contributed by atoms with Gasteiger partial charge in [0.1, 0.15) is 0 Å². The second kappa shape index (κ2) is 4.92. The van der Waals surface area contributed by atoms with Crippen LogP contribution in [0.4, 0.5) is 0 Å². The molecule has 2 nitrogen and oxygen atoms in total. The van der Waals surface area contributed by atoms with E-state index in [0.29, 0.717) is 0 Å². The average molecular weight is 259 g/mol. The van der Waals surface area contributed by atoms with E-state index in [1.165, 1.54) is 47.9 Å². The Morgan fingerprint density at radius 3 is 2.37 bits per heavy atom. The van der Waals surface area contributed by atoms with Crippen molar-refractivity contribution in [1.29, 1.82) is 0 Å². The highest BCUT2D eigenvalue weighted by Gasteiger charge is 2.40. The van der Waals surface area contributed by atoms with E-state index in [1.807, 2.05) is 0 Å². The number of ether oxygens (including phenoxy) is 1. The molecule has 1 unspecified atom stereocenters. The summed E-state index contributed by atoms with van der Waals surface area (Å²) in [5.74, 6) is 0. The van der Waals surface area contributed by atoms with Crippen LogP contribution in [0.5, 0.6) is 0 Å². The molecule has 2 fully saturated rings. The maximum absolute atomic E-state index is 6.56. The predicted molar refractivity (Wildman–Crippen MR) is 78.5 cm³/mol. The predicted octanol–water partition coefficient (Wildman–Crippen LogP) is 3.59. The van der Waals surface area contributed by atoms with Crippen molar-refractivity contribution in [2.45, 2.75) is 58.2 Å². The van der Waals surface area contributed by atoms with Gasteiger partial charge in [-0.25, -0.2) is 0 Å². The largest absolute Gasteiger partial charge is 0.364 e. The molecule has 0 radical (unpaired) electrons. The lowest BCUT2D eigenvalue weighted by Gasteiger charge is -2.40. The molecule has 1 aliphatic heterocycles. The van der Waals surface area contributed by atoms with Gasteiger partial charge in [-0.05, 0) is 50.3 Å². The maximum atomic E-state index is 6.56. The van der Waals surface area contributed by atoms with Gasteiger partial charge in [0.05, 0.1) is 11.7 Å². The second-order valence-corrected chi connectivity index (χ2v) is 6.44. The summed E-state index contributed by atoms with van der Waals surface area (Å²) < 4.78 is 6.56. The average Bonchev–Trinajstić information content (AvgIpc) is 2.76. The molecule has 1 spiro atoms. The standard InChI is InChI=1S/C17H25NO/c1-12-8-13(2)16(14(3)9-12)15-10-18-11-17(19-15)6-4-5-7-17/h8-9,15,18H,4-7,10-11H2,1-3H3. The molecule has 19 heavy (non-hydrogen) atoms. The minimum absolute atomic E-state index is 0.118. The number of benzene rings is 1. The van der Waals surface area contributed by atoms with Crippen molar-refractivity contribution in [2.75, 3.05) is 13.1 Å². The maximum Gasteiger partial charge on any atom is 0.0962 e. The van der Waals surface area contributed by atoms with Gasteiger partial charge in [-0.15, -0.1) is 0 Å². The number of aryl methyl sites for hydroxylation is 3. The van der Waals surface area contributed by atoms with Crippen molar-refractivity contribution in [2.24, 2.45) is 0 Å². The van der Waals surface area contributed by atoms with Crippen molar-refractivity contribution in [3.05, 3.63) is 34.4 Å². The Morgan fingerprint density at radius 2 is 1.74 bits per heavy atom. The summed E-state index contributed by atoms with van der Waals surface area (Å²) in [5, 5.41) is 3.61. The smallest absolute Gasteiger partial charge is 0.0962 e. The highest BCUT2D eigenvalue weighted by atomic mass is 16.5. The lowest BCUT2D eigenvalue weighted by molar-refractivity contribution is -0.114. The molecule has 104 valence electrons. The van der Waals surface area contributed by atoms with Crippen LogP contribution in [0.15, 0.2) is 12.1 Å². The van der Waals surface area contributed by atoms with Gasteiger partial charge in [0.2, 0.25) is 0 Å². The fraction of sp³-hybridized carbons (Fsp3) is 0.647. The first-order valence-corrected chi connectivity index (χ1v) is 7.56. The molecule has 1 atom stereocenters. The zero-order valence-corrected chi connectivity index (χ0v) is 12.4. The van der Waals surface area contributed by atoms with Crippen molar-refractivity contribution >= 4 is 0 Å². The summed E-state index contributed by atoms with van der Waals surface area (Å²) in [4.78, 5) is 0. The van der Waals surface area contributed by atoms with E-state index < -0.39 is 0 Å². The summed E-state index contributed by atoms with van der Waals surface area (Å²) in [6, 6.07) is 4.56. The molecule has 0 amide bonds. The molecule has 2 aliphatic rings. The summed E-state index contributed by atoms with van der Waals surface area (Å²) in [6.45, 7) is 8.59. The Balaban J connectivity index is 1.90. The topological polar surface area (TPSA) is 21.3 Å². The van der Waals surface area contributed by atoms with E-state index in [2.05, 4.69) is 38.2 Å². The zero-order valence-electron chi connectivity index (χ0n) is 12.4. The van der Waals surface area contributed by atoms with E-state index >= 15 is 0 Å². The molecular weight excluding hydrogens is 234 g/mol. The summed E-state index contributed by atoms with van der Waals surface area (Å²) in [7, 11) is 0. The number of morpholine rings is 1. The Morgan fingerprint density at radius 1 is 1.11 bits per heavy atom. The van der Waals surface area contributed by atoms with Crippen LogP contribution >= 0.6 is 0 Å². The molecule has 1 heterocycles. The molecule has 0 bridgehead atoms. The van der Waals surface area contributed by atoms with Crippen LogP contribution in [0, 0.1) is 20.8 Å². The SMILES string of the molecule is Cc1cc(C)c(C2CNCC3(CCCC3)O2)c(C)c1. The van der Waals surface area contributed by atoms with Crippen molar-refractivity contribution in [1.82, 2.24) is 5.32 Å². The minimum atomic E-state index is 0.118. The molecule has 1 aromatic carbocycles. The fourth-order valence-corrected chi connectivity index (χ4v) is 3.99. The highest BCUT2D eigenvalue weighted by Crippen LogP contribution is 2.40. The quantitative estimate of drug-likeness (QED) is 0.832. The van der Waals surface area contributed by atoms with E-state index in [9.17, 15) is 0 Å². The molecule has 3 rings (SSSR count). The second-order valence-electron chi connectivity index (χ2n) is 6.44. The minimum Gasteiger partial charge on any atom is -0.364 e. The van der Waals surface area contributed by atoms with Crippen LogP contribution < -0.4 is 5.32 Å². The molecule has 1 saturated heterocycles. The van der Waals surface area contributed by atoms with Gasteiger partial charge in [0.15, 0.2) is 0 Å². The van der Waals surface area contributed by atoms with E-state index in [4.69, 9.17) is 4.74 Å². The third-order valence-corrected chi connectivity index (χ3v) is 4.74. The fourth-order valence-electron chi connectivity index (χ4n) is 3.99. The third-order valence-electron chi connectivity index (χ3n) is 4.74. The van der Waals surface area contributed by atoms with Crippen LogP contribution in [-0.4, -0.2) is 18.7 Å². The molecule has 1 N–H and O–H groups in total. The number of hydrogen-bond donors (Lipinski definition) is 1. The first-order valence-electron chi connectivity index (χ1n) is 7.56. The van der Waals surface area contributed by atoms with Gasteiger partial charge in [-0.3, -0.25) is 0 Å². The highest BCUT2D eigenvalue weighted by molar-refractivity contribution is 5.39. The van der Waals surface area contributed by atoms with Crippen LogP contribution in [0.2, 0.25) is 0 Å². The summed E-state index contributed by atoms with van der Waals surface area (Å²) in [5.41, 5.74) is 5.62. The molecule has 1 saturated carbocycles. The van der Waals surface area contributed by atoms with E-state index in [0.717, 1.165) is 13.1 Å². The molecule has 1 aromatic rings. The Kier molecular flexibility index (Phi) is 3.40. The molecule has 1 aliphatic carbocycles. The number of nitrogens with one attached hydrogen (secondary N) is 1. The lowest BCUT2D eigenvalue weighted by atomic mass is 9.92. The van der Waals surface area contributed by atoms with Crippen molar-refractivity contribution < 1.29 is 4.74 Å². The van der Waals surface area contributed by atoms with Gasteiger partial charge < -0.3 is 10.1 Å². The van der Waals surface area contributed by atoms with Crippen LogP contribution in [0.1, 0.15) is 54.0 Å². The molecular formula is C17H25NO. The monoisotopic (exact) mass is 259 g/mol. The Bertz CT molecular complexity index is 451. The van der Waals surface area contributed by atoms with Gasteiger partial charge in [0.25, 0.3) is 0 Å². The molecule has 2 heteroatoms. The normalized spacial score (nSPS) is 25.9.